The Hall–Kier alpha value is -1.23. The SMILES string of the molecule is CNC(c1cccc(OC(F)(F)F)c1)C1CC2CC2C1. The average Bonchev–Trinajstić information content (AvgIpc) is 2.96. The van der Waals surface area contributed by atoms with Crippen LogP contribution in [0.4, 0.5) is 13.2 Å². The molecule has 20 heavy (non-hydrogen) atoms. The maximum Gasteiger partial charge on any atom is 0.573 e. The van der Waals surface area contributed by atoms with Gasteiger partial charge in [0.2, 0.25) is 0 Å². The van der Waals surface area contributed by atoms with Crippen LogP contribution in [-0.2, 0) is 0 Å². The Morgan fingerprint density at radius 1 is 1.20 bits per heavy atom. The highest BCUT2D eigenvalue weighted by atomic mass is 19.4. The number of alkyl halides is 3. The van der Waals surface area contributed by atoms with E-state index in [1.165, 1.54) is 31.4 Å². The van der Waals surface area contributed by atoms with Crippen LogP contribution < -0.4 is 10.1 Å². The fraction of sp³-hybridized carbons (Fsp3) is 0.600. The van der Waals surface area contributed by atoms with E-state index in [4.69, 9.17) is 0 Å². The van der Waals surface area contributed by atoms with Gasteiger partial charge in [-0.2, -0.15) is 0 Å². The molecule has 1 aromatic carbocycles. The lowest BCUT2D eigenvalue weighted by Crippen LogP contribution is -2.25. The quantitative estimate of drug-likeness (QED) is 0.906. The van der Waals surface area contributed by atoms with Crippen LogP contribution in [0.3, 0.4) is 0 Å². The number of hydrogen-bond donors (Lipinski definition) is 1. The van der Waals surface area contributed by atoms with E-state index in [1.54, 1.807) is 6.07 Å². The molecule has 1 N–H and O–H groups in total. The minimum absolute atomic E-state index is 0.111. The zero-order valence-electron chi connectivity index (χ0n) is 11.3. The molecule has 0 spiro atoms. The molecule has 0 aliphatic heterocycles. The molecule has 0 heterocycles. The molecule has 2 fully saturated rings. The van der Waals surface area contributed by atoms with Crippen molar-refractivity contribution in [2.75, 3.05) is 7.05 Å². The van der Waals surface area contributed by atoms with Gasteiger partial charge in [-0.15, -0.1) is 13.2 Å². The maximum atomic E-state index is 12.3. The van der Waals surface area contributed by atoms with Gasteiger partial charge in [-0.05, 0) is 61.8 Å². The number of rotatable bonds is 4. The second-order valence-electron chi connectivity index (χ2n) is 5.87. The maximum absolute atomic E-state index is 12.3. The van der Waals surface area contributed by atoms with Crippen LogP contribution in [0.5, 0.6) is 5.75 Å². The van der Waals surface area contributed by atoms with Crippen LogP contribution in [0.1, 0.15) is 30.9 Å². The summed E-state index contributed by atoms with van der Waals surface area (Å²) in [5, 5.41) is 3.25. The number of hydrogen-bond acceptors (Lipinski definition) is 2. The van der Waals surface area contributed by atoms with E-state index >= 15 is 0 Å². The van der Waals surface area contributed by atoms with Gasteiger partial charge in [0, 0.05) is 6.04 Å². The van der Waals surface area contributed by atoms with Crippen molar-refractivity contribution >= 4 is 0 Å². The molecule has 0 saturated heterocycles. The molecule has 2 nitrogen and oxygen atoms in total. The summed E-state index contributed by atoms with van der Waals surface area (Å²) in [5.74, 6) is 2.08. The highest BCUT2D eigenvalue weighted by Crippen LogP contribution is 2.57. The molecule has 0 aromatic heterocycles. The first-order valence-electron chi connectivity index (χ1n) is 6.99. The van der Waals surface area contributed by atoms with Crippen LogP contribution in [0.15, 0.2) is 24.3 Å². The predicted octanol–water partition coefficient (Wildman–Crippen LogP) is 3.89. The van der Waals surface area contributed by atoms with Gasteiger partial charge < -0.3 is 10.1 Å². The molecule has 3 unspecified atom stereocenters. The summed E-state index contributed by atoms with van der Waals surface area (Å²) in [7, 11) is 1.87. The molecule has 2 aliphatic carbocycles. The second-order valence-corrected chi connectivity index (χ2v) is 5.87. The largest absolute Gasteiger partial charge is 0.573 e. The van der Waals surface area contributed by atoms with Gasteiger partial charge in [0.1, 0.15) is 5.75 Å². The summed E-state index contributed by atoms with van der Waals surface area (Å²) in [6.45, 7) is 0. The van der Waals surface area contributed by atoms with Gasteiger partial charge >= 0.3 is 6.36 Å². The summed E-state index contributed by atoms with van der Waals surface area (Å²) in [5.41, 5.74) is 0.876. The molecular weight excluding hydrogens is 267 g/mol. The third-order valence-electron chi connectivity index (χ3n) is 4.51. The summed E-state index contributed by atoms with van der Waals surface area (Å²) in [6, 6.07) is 6.44. The lowest BCUT2D eigenvalue weighted by atomic mass is 9.89. The summed E-state index contributed by atoms with van der Waals surface area (Å²) in [4.78, 5) is 0. The van der Waals surface area contributed by atoms with Crippen LogP contribution in [-0.4, -0.2) is 13.4 Å². The first kappa shape index (κ1) is 13.7. The van der Waals surface area contributed by atoms with E-state index in [2.05, 4.69) is 10.1 Å². The Kier molecular flexibility index (Phi) is 3.40. The van der Waals surface area contributed by atoms with Crippen molar-refractivity contribution in [3.05, 3.63) is 29.8 Å². The van der Waals surface area contributed by atoms with Crippen molar-refractivity contribution in [1.29, 1.82) is 0 Å². The van der Waals surface area contributed by atoms with Crippen LogP contribution in [0.2, 0.25) is 0 Å². The van der Waals surface area contributed by atoms with Crippen molar-refractivity contribution in [1.82, 2.24) is 5.32 Å². The van der Waals surface area contributed by atoms with Crippen molar-refractivity contribution in [3.63, 3.8) is 0 Å². The summed E-state index contributed by atoms with van der Waals surface area (Å²) >= 11 is 0. The van der Waals surface area contributed by atoms with Crippen molar-refractivity contribution in [3.8, 4) is 5.75 Å². The molecule has 110 valence electrons. The monoisotopic (exact) mass is 285 g/mol. The third kappa shape index (κ3) is 2.92. The predicted molar refractivity (Wildman–Crippen MR) is 69.2 cm³/mol. The van der Waals surface area contributed by atoms with Gasteiger partial charge in [0.15, 0.2) is 0 Å². The summed E-state index contributed by atoms with van der Waals surface area (Å²) < 4.78 is 40.8. The van der Waals surface area contributed by atoms with Crippen LogP contribution in [0.25, 0.3) is 0 Å². The Balaban J connectivity index is 1.75. The standard InChI is InChI=1S/C15H18F3NO/c1-19-14(12-6-10-5-11(10)7-12)9-3-2-4-13(8-9)20-15(16,17)18/h2-4,8,10-12,14,19H,5-7H2,1H3. The number of nitrogens with one attached hydrogen (secondary N) is 1. The second kappa shape index (κ2) is 4.95. The fourth-order valence-electron chi connectivity index (χ4n) is 3.61. The molecular formula is C15H18F3NO. The number of benzene rings is 1. The minimum Gasteiger partial charge on any atom is -0.406 e. The average molecular weight is 285 g/mol. The lowest BCUT2D eigenvalue weighted by Gasteiger charge is -2.25. The topological polar surface area (TPSA) is 21.3 Å². The molecule has 0 amide bonds. The molecule has 2 aliphatic rings. The Labute approximate surface area is 116 Å². The molecule has 3 rings (SSSR count). The first-order chi connectivity index (χ1) is 9.46. The highest BCUT2D eigenvalue weighted by Gasteiger charge is 2.47. The number of halogens is 3. The smallest absolute Gasteiger partial charge is 0.406 e. The molecule has 0 bridgehead atoms. The van der Waals surface area contributed by atoms with E-state index in [1.807, 2.05) is 13.1 Å². The third-order valence-corrected chi connectivity index (χ3v) is 4.51. The van der Waals surface area contributed by atoms with Gasteiger partial charge in [-0.25, -0.2) is 0 Å². The van der Waals surface area contributed by atoms with Gasteiger partial charge in [0.25, 0.3) is 0 Å². The number of ether oxygens (including phenoxy) is 1. The van der Waals surface area contributed by atoms with Gasteiger partial charge in [-0.3, -0.25) is 0 Å². The normalized spacial score (nSPS) is 29.9. The molecule has 3 atom stereocenters. The van der Waals surface area contributed by atoms with Crippen LogP contribution >= 0.6 is 0 Å². The summed E-state index contributed by atoms with van der Waals surface area (Å²) in [6.07, 6.45) is -0.937. The Bertz CT molecular complexity index is 478. The van der Waals surface area contributed by atoms with Gasteiger partial charge in [0.05, 0.1) is 0 Å². The minimum atomic E-state index is -4.64. The van der Waals surface area contributed by atoms with E-state index < -0.39 is 6.36 Å². The lowest BCUT2D eigenvalue weighted by molar-refractivity contribution is -0.274. The first-order valence-corrected chi connectivity index (χ1v) is 6.99. The van der Waals surface area contributed by atoms with Gasteiger partial charge in [-0.1, -0.05) is 12.1 Å². The molecule has 2 saturated carbocycles. The Morgan fingerprint density at radius 2 is 1.90 bits per heavy atom. The van der Waals surface area contributed by atoms with E-state index in [0.29, 0.717) is 5.92 Å². The zero-order chi connectivity index (χ0) is 14.3. The molecule has 5 heteroatoms. The van der Waals surface area contributed by atoms with E-state index in [-0.39, 0.29) is 11.8 Å². The van der Waals surface area contributed by atoms with E-state index in [9.17, 15) is 13.2 Å². The number of fused-ring (bicyclic) bond motifs is 1. The molecule has 0 radical (unpaired) electrons. The fourth-order valence-corrected chi connectivity index (χ4v) is 3.61. The Morgan fingerprint density at radius 3 is 2.50 bits per heavy atom. The van der Waals surface area contributed by atoms with Crippen LogP contribution in [0, 0.1) is 17.8 Å². The van der Waals surface area contributed by atoms with Crippen molar-refractivity contribution < 1.29 is 17.9 Å². The van der Waals surface area contributed by atoms with Crippen molar-refractivity contribution in [2.45, 2.75) is 31.7 Å². The van der Waals surface area contributed by atoms with Crippen molar-refractivity contribution in [2.24, 2.45) is 17.8 Å². The zero-order valence-corrected chi connectivity index (χ0v) is 11.3. The highest BCUT2D eigenvalue weighted by molar-refractivity contribution is 5.31. The van der Waals surface area contributed by atoms with E-state index in [0.717, 1.165) is 17.4 Å². The molecule has 1 aromatic rings.